The Hall–Kier alpha value is -1.11. The molecular formula is C10H11N. The van der Waals surface area contributed by atoms with E-state index in [4.69, 9.17) is 0 Å². The van der Waals surface area contributed by atoms with E-state index in [1.54, 1.807) is 0 Å². The highest BCUT2D eigenvalue weighted by Crippen LogP contribution is 2.26. The number of allylic oxidation sites excluding steroid dienone is 5. The number of hydrogen-bond acceptors (Lipinski definition) is 1. The van der Waals surface area contributed by atoms with Crippen LogP contribution in [0.25, 0.3) is 0 Å². The highest BCUT2D eigenvalue weighted by Gasteiger charge is 2.16. The van der Waals surface area contributed by atoms with Crippen LogP contribution in [0.2, 0.25) is 0 Å². The van der Waals surface area contributed by atoms with Crippen molar-refractivity contribution in [2.45, 2.75) is 13.8 Å². The number of nitrogens with zero attached hydrogens (tertiary/aromatic N) is 1. The molecule has 1 heterocycles. The molecule has 0 aromatic heterocycles. The van der Waals surface area contributed by atoms with Crippen LogP contribution >= 0.6 is 0 Å². The normalized spacial score (nSPS) is 24.5. The molecule has 0 saturated heterocycles. The minimum Gasteiger partial charge on any atom is -0.256 e. The second-order valence-corrected chi connectivity index (χ2v) is 3.59. The Kier molecular flexibility index (Phi) is 1.16. The summed E-state index contributed by atoms with van der Waals surface area (Å²) < 4.78 is 0. The largest absolute Gasteiger partial charge is 0.256 e. The Balaban J connectivity index is 2.38. The molecule has 56 valence electrons. The summed E-state index contributed by atoms with van der Waals surface area (Å²) in [7, 11) is 0. The first-order chi connectivity index (χ1) is 5.17. The van der Waals surface area contributed by atoms with Gasteiger partial charge in [-0.2, -0.15) is 0 Å². The molecule has 0 bridgehead atoms. The maximum absolute atomic E-state index is 4.13. The average Bonchev–Trinajstić information content (AvgIpc) is 1.91. The second-order valence-electron chi connectivity index (χ2n) is 3.59. The zero-order chi connectivity index (χ0) is 7.90. The van der Waals surface area contributed by atoms with E-state index < -0.39 is 0 Å². The maximum atomic E-state index is 4.13. The van der Waals surface area contributed by atoms with Gasteiger partial charge in [0.2, 0.25) is 0 Å². The Labute approximate surface area is 66.8 Å². The molecule has 0 fully saturated rings. The van der Waals surface area contributed by atoms with Gasteiger partial charge in [0.25, 0.3) is 0 Å². The van der Waals surface area contributed by atoms with Gasteiger partial charge in [-0.1, -0.05) is 32.1 Å². The monoisotopic (exact) mass is 145 g/mol. The van der Waals surface area contributed by atoms with Crippen LogP contribution in [-0.2, 0) is 0 Å². The van der Waals surface area contributed by atoms with Crippen molar-refractivity contribution in [1.29, 1.82) is 0 Å². The predicted molar refractivity (Wildman–Crippen MR) is 47.6 cm³/mol. The van der Waals surface area contributed by atoms with Gasteiger partial charge in [0.05, 0.1) is 5.71 Å². The summed E-state index contributed by atoms with van der Waals surface area (Å²) in [6.07, 6.45) is 10.5. The molecule has 0 amide bonds. The van der Waals surface area contributed by atoms with E-state index in [1.807, 2.05) is 6.20 Å². The van der Waals surface area contributed by atoms with E-state index in [0.717, 1.165) is 5.71 Å². The summed E-state index contributed by atoms with van der Waals surface area (Å²) in [5.74, 6) is 0. The average molecular weight is 145 g/mol. The topological polar surface area (TPSA) is 12.4 Å². The Morgan fingerprint density at radius 3 is 2.55 bits per heavy atom. The van der Waals surface area contributed by atoms with E-state index in [1.165, 1.54) is 5.57 Å². The lowest BCUT2D eigenvalue weighted by Crippen LogP contribution is -2.02. The molecule has 2 aliphatic rings. The van der Waals surface area contributed by atoms with Gasteiger partial charge in [-0.15, -0.1) is 0 Å². The summed E-state index contributed by atoms with van der Waals surface area (Å²) in [4.78, 5) is 4.13. The molecule has 11 heavy (non-hydrogen) atoms. The first-order valence-corrected chi connectivity index (χ1v) is 3.84. The molecule has 2 rings (SSSR count). The third-order valence-corrected chi connectivity index (χ3v) is 2.00. The van der Waals surface area contributed by atoms with Gasteiger partial charge in [0, 0.05) is 17.2 Å². The minimum absolute atomic E-state index is 0.181. The van der Waals surface area contributed by atoms with Crippen molar-refractivity contribution < 1.29 is 0 Å². The summed E-state index contributed by atoms with van der Waals surface area (Å²) in [5, 5.41) is 0. The van der Waals surface area contributed by atoms with E-state index in [2.05, 4.69) is 43.1 Å². The first-order valence-electron chi connectivity index (χ1n) is 3.84. The summed E-state index contributed by atoms with van der Waals surface area (Å²) in [6, 6.07) is 0. The van der Waals surface area contributed by atoms with Crippen molar-refractivity contribution in [2.24, 2.45) is 10.4 Å². The fraction of sp³-hybridized carbons (Fsp3) is 0.300. The maximum Gasteiger partial charge on any atom is 0.0714 e. The standard InChI is InChI=1S/C10H11N/c1-10(2)5-3-8-7-11-9(8)4-6-10/h3-7H,1-2H3. The van der Waals surface area contributed by atoms with Gasteiger partial charge in [0.15, 0.2) is 0 Å². The van der Waals surface area contributed by atoms with Crippen LogP contribution < -0.4 is 0 Å². The lowest BCUT2D eigenvalue weighted by atomic mass is 9.93. The van der Waals surface area contributed by atoms with Crippen LogP contribution in [0, 0.1) is 5.41 Å². The first kappa shape index (κ1) is 6.59. The van der Waals surface area contributed by atoms with Gasteiger partial charge in [-0.25, -0.2) is 0 Å². The minimum atomic E-state index is 0.181. The van der Waals surface area contributed by atoms with E-state index in [9.17, 15) is 0 Å². The Bertz CT molecular complexity index is 271. The smallest absolute Gasteiger partial charge is 0.0714 e. The molecule has 0 atom stereocenters. The number of rotatable bonds is 0. The highest BCUT2D eigenvalue weighted by molar-refractivity contribution is 6.14. The van der Waals surface area contributed by atoms with Crippen LogP contribution in [0.15, 0.2) is 41.1 Å². The van der Waals surface area contributed by atoms with Crippen molar-refractivity contribution >= 4 is 5.71 Å². The summed E-state index contributed by atoms with van der Waals surface area (Å²) in [5.41, 5.74) is 2.56. The van der Waals surface area contributed by atoms with E-state index in [0.29, 0.717) is 0 Å². The highest BCUT2D eigenvalue weighted by atomic mass is 14.8. The van der Waals surface area contributed by atoms with Crippen LogP contribution in [0.3, 0.4) is 0 Å². The molecule has 0 unspecified atom stereocenters. The molecule has 0 aromatic carbocycles. The number of aliphatic imine (C=N–C) groups is 1. The van der Waals surface area contributed by atoms with Crippen LogP contribution in [0.1, 0.15) is 13.8 Å². The number of hydrogen-bond donors (Lipinski definition) is 0. The molecule has 1 aliphatic carbocycles. The molecule has 0 aromatic rings. The van der Waals surface area contributed by atoms with Gasteiger partial charge in [-0.05, 0) is 6.08 Å². The predicted octanol–water partition coefficient (Wildman–Crippen LogP) is 2.48. The van der Waals surface area contributed by atoms with Gasteiger partial charge < -0.3 is 0 Å². The molecule has 0 radical (unpaired) electrons. The molecule has 0 saturated carbocycles. The molecule has 1 heteroatoms. The molecule has 0 spiro atoms. The van der Waals surface area contributed by atoms with Crippen molar-refractivity contribution in [3.8, 4) is 0 Å². The summed E-state index contributed by atoms with van der Waals surface area (Å²) in [6.45, 7) is 4.37. The van der Waals surface area contributed by atoms with Crippen LogP contribution in [0.5, 0.6) is 0 Å². The molecule has 1 aliphatic heterocycles. The van der Waals surface area contributed by atoms with E-state index >= 15 is 0 Å². The third kappa shape index (κ3) is 1.07. The molecule has 0 N–H and O–H groups in total. The molecule has 1 nitrogen and oxygen atoms in total. The zero-order valence-corrected chi connectivity index (χ0v) is 6.83. The SMILES string of the molecule is CC1(C)C=CC2=CN=C2C=C1. The van der Waals surface area contributed by atoms with Crippen LogP contribution in [0.4, 0.5) is 0 Å². The van der Waals surface area contributed by atoms with Gasteiger partial charge >= 0.3 is 0 Å². The molecular weight excluding hydrogens is 134 g/mol. The van der Waals surface area contributed by atoms with Crippen molar-refractivity contribution in [3.05, 3.63) is 36.1 Å². The lowest BCUT2D eigenvalue weighted by Gasteiger charge is -2.11. The fourth-order valence-electron chi connectivity index (χ4n) is 1.14. The van der Waals surface area contributed by atoms with Crippen LogP contribution in [-0.4, -0.2) is 5.71 Å². The fourth-order valence-corrected chi connectivity index (χ4v) is 1.14. The van der Waals surface area contributed by atoms with Crippen molar-refractivity contribution in [1.82, 2.24) is 0 Å². The van der Waals surface area contributed by atoms with Gasteiger partial charge in [-0.3, -0.25) is 4.99 Å². The Morgan fingerprint density at radius 1 is 1.18 bits per heavy atom. The Morgan fingerprint density at radius 2 is 1.91 bits per heavy atom. The third-order valence-electron chi connectivity index (χ3n) is 2.00. The quantitative estimate of drug-likeness (QED) is 0.496. The zero-order valence-electron chi connectivity index (χ0n) is 6.83. The van der Waals surface area contributed by atoms with Gasteiger partial charge in [0.1, 0.15) is 0 Å². The van der Waals surface area contributed by atoms with E-state index in [-0.39, 0.29) is 5.41 Å². The van der Waals surface area contributed by atoms with Crippen molar-refractivity contribution in [3.63, 3.8) is 0 Å². The lowest BCUT2D eigenvalue weighted by molar-refractivity contribution is 0.627. The van der Waals surface area contributed by atoms with Crippen molar-refractivity contribution in [2.75, 3.05) is 0 Å². The number of fused-ring (bicyclic) bond motifs is 1. The second kappa shape index (κ2) is 1.94. The summed E-state index contributed by atoms with van der Waals surface area (Å²) >= 11 is 0.